The molecule has 4 rings (SSSR count). The Hall–Kier alpha value is -3.27. The lowest BCUT2D eigenvalue weighted by atomic mass is 9.72. The smallest absolute Gasteiger partial charge is 0.306 e. The molecule has 3 unspecified atom stereocenters. The second kappa shape index (κ2) is 14.4. The fourth-order valence-electron chi connectivity index (χ4n) is 6.23. The topological polar surface area (TPSA) is 130 Å². The van der Waals surface area contributed by atoms with Crippen molar-refractivity contribution in [3.8, 4) is 5.69 Å². The van der Waals surface area contributed by atoms with E-state index in [0.717, 1.165) is 38.5 Å². The number of likely N-dealkylation sites (tertiary alicyclic amines) is 1. The van der Waals surface area contributed by atoms with E-state index in [9.17, 15) is 19.5 Å². The molecule has 2 heterocycles. The van der Waals surface area contributed by atoms with Gasteiger partial charge in [-0.05, 0) is 78.6 Å². The number of rotatable bonds is 11. The highest BCUT2D eigenvalue weighted by atomic mass is 35.5. The molecule has 3 atom stereocenters. The summed E-state index contributed by atoms with van der Waals surface area (Å²) in [5, 5.41) is 24.2. The maximum Gasteiger partial charge on any atom is 0.306 e. The van der Waals surface area contributed by atoms with Crippen molar-refractivity contribution in [2.45, 2.75) is 77.2 Å². The summed E-state index contributed by atoms with van der Waals surface area (Å²) in [4.78, 5) is 40.4. The standard InChI is InChI=1S/C29H39ClN6O4/c1-2-20(29(39)40)10-6-16-31-28(38)27-24(21-8-4-3-5-9-21)11-7-17-35(27)26(37)15-12-22-18-23(30)13-14-25(22)36-19-32-33-34-36/h12-15,18-21,24,27H,2-11,16-17H2,1H3,(H,31,38)(H,39,40)/b15-12+. The lowest BCUT2D eigenvalue weighted by Crippen LogP contribution is -2.57. The van der Waals surface area contributed by atoms with Crippen LogP contribution in [0.15, 0.2) is 30.6 Å². The van der Waals surface area contributed by atoms with E-state index in [0.29, 0.717) is 54.5 Å². The van der Waals surface area contributed by atoms with Gasteiger partial charge >= 0.3 is 5.97 Å². The van der Waals surface area contributed by atoms with E-state index in [2.05, 4.69) is 20.8 Å². The summed E-state index contributed by atoms with van der Waals surface area (Å²) in [5.74, 6) is -1.05. The van der Waals surface area contributed by atoms with Crippen molar-refractivity contribution in [2.75, 3.05) is 13.1 Å². The number of carboxylic acids is 1. The number of carboxylic acid groups (broad SMARTS) is 1. The van der Waals surface area contributed by atoms with Crippen molar-refractivity contribution >= 4 is 35.5 Å². The lowest BCUT2D eigenvalue weighted by Gasteiger charge is -2.44. The molecule has 0 bridgehead atoms. The predicted molar refractivity (Wildman–Crippen MR) is 152 cm³/mol. The Balaban J connectivity index is 1.51. The molecule has 2 aliphatic rings. The highest BCUT2D eigenvalue weighted by Crippen LogP contribution is 2.38. The molecule has 2 amide bonds. The van der Waals surface area contributed by atoms with E-state index in [-0.39, 0.29) is 17.7 Å². The summed E-state index contributed by atoms with van der Waals surface area (Å²) in [7, 11) is 0. The van der Waals surface area contributed by atoms with E-state index >= 15 is 0 Å². The minimum atomic E-state index is -0.801. The zero-order valence-corrected chi connectivity index (χ0v) is 23.8. The van der Waals surface area contributed by atoms with Crippen LogP contribution >= 0.6 is 11.6 Å². The Labute approximate surface area is 240 Å². The monoisotopic (exact) mass is 570 g/mol. The van der Waals surface area contributed by atoms with Crippen LogP contribution in [0.25, 0.3) is 11.8 Å². The first kappa shape index (κ1) is 29.7. The van der Waals surface area contributed by atoms with Gasteiger partial charge in [0.2, 0.25) is 11.8 Å². The molecule has 2 aromatic rings. The minimum absolute atomic E-state index is 0.108. The Kier molecular flexibility index (Phi) is 10.7. The molecule has 10 nitrogen and oxygen atoms in total. The maximum atomic E-state index is 13.7. The summed E-state index contributed by atoms with van der Waals surface area (Å²) in [6.45, 7) is 2.77. The van der Waals surface area contributed by atoms with E-state index in [4.69, 9.17) is 11.6 Å². The Morgan fingerprint density at radius 2 is 1.98 bits per heavy atom. The fraction of sp³-hybridized carbons (Fsp3) is 0.586. The molecule has 1 aromatic carbocycles. The SMILES string of the molecule is CCC(CCCNC(=O)C1C(C2CCCCC2)CCCN1C(=O)/C=C/c1cc(Cl)ccc1-n1cnnn1)C(=O)O. The third-order valence-electron chi connectivity index (χ3n) is 8.35. The van der Waals surface area contributed by atoms with Crippen molar-refractivity contribution in [2.24, 2.45) is 17.8 Å². The number of hydrogen-bond donors (Lipinski definition) is 2. The van der Waals surface area contributed by atoms with E-state index in [1.165, 1.54) is 23.5 Å². The quantitative estimate of drug-likeness (QED) is 0.300. The molecule has 2 fully saturated rings. The van der Waals surface area contributed by atoms with Crippen LogP contribution in [0.5, 0.6) is 0 Å². The first-order chi connectivity index (χ1) is 19.4. The number of piperidine rings is 1. The van der Waals surface area contributed by atoms with E-state index in [1.807, 2.05) is 6.92 Å². The first-order valence-electron chi connectivity index (χ1n) is 14.4. The average Bonchev–Trinajstić information content (AvgIpc) is 3.50. The van der Waals surface area contributed by atoms with Crippen LogP contribution in [0.4, 0.5) is 0 Å². The predicted octanol–water partition coefficient (Wildman–Crippen LogP) is 4.52. The highest BCUT2D eigenvalue weighted by Gasteiger charge is 2.42. The van der Waals surface area contributed by atoms with Crippen LogP contribution in [0.1, 0.15) is 76.7 Å². The molecule has 0 spiro atoms. The third-order valence-corrected chi connectivity index (χ3v) is 8.58. The van der Waals surface area contributed by atoms with Crippen LogP contribution in [0.3, 0.4) is 0 Å². The van der Waals surface area contributed by atoms with Crippen molar-refractivity contribution < 1.29 is 19.5 Å². The second-order valence-corrected chi connectivity index (χ2v) is 11.3. The average molecular weight is 571 g/mol. The van der Waals surface area contributed by atoms with Crippen molar-refractivity contribution in [3.05, 3.63) is 41.2 Å². The zero-order valence-electron chi connectivity index (χ0n) is 23.0. The van der Waals surface area contributed by atoms with Gasteiger partial charge in [0.05, 0.1) is 11.6 Å². The van der Waals surface area contributed by atoms with Gasteiger partial charge in [-0.15, -0.1) is 5.10 Å². The van der Waals surface area contributed by atoms with Gasteiger partial charge < -0.3 is 15.3 Å². The largest absolute Gasteiger partial charge is 0.481 e. The number of nitrogens with one attached hydrogen (secondary N) is 1. The van der Waals surface area contributed by atoms with Crippen LogP contribution in [-0.2, 0) is 14.4 Å². The van der Waals surface area contributed by atoms with Crippen LogP contribution in [0, 0.1) is 17.8 Å². The fourth-order valence-corrected chi connectivity index (χ4v) is 6.41. The number of carbonyl (C=O) groups excluding carboxylic acids is 2. The summed E-state index contributed by atoms with van der Waals surface area (Å²) < 4.78 is 1.50. The number of carbonyl (C=O) groups is 3. The second-order valence-electron chi connectivity index (χ2n) is 10.8. The summed E-state index contributed by atoms with van der Waals surface area (Å²) in [5.41, 5.74) is 1.36. The highest BCUT2D eigenvalue weighted by molar-refractivity contribution is 6.30. The Morgan fingerprint density at radius 3 is 2.67 bits per heavy atom. The van der Waals surface area contributed by atoms with E-state index in [1.54, 1.807) is 29.2 Å². The van der Waals surface area contributed by atoms with Crippen LogP contribution < -0.4 is 5.32 Å². The molecule has 0 radical (unpaired) electrons. The molecule has 2 N–H and O–H groups in total. The Bertz CT molecular complexity index is 1180. The molecule has 1 saturated heterocycles. The number of aromatic nitrogens is 4. The molecular formula is C29H39ClN6O4. The number of benzene rings is 1. The summed E-state index contributed by atoms with van der Waals surface area (Å²) >= 11 is 6.24. The summed E-state index contributed by atoms with van der Waals surface area (Å²) in [6, 6.07) is 4.71. The van der Waals surface area contributed by atoms with Gasteiger partial charge in [0.25, 0.3) is 0 Å². The number of halogens is 1. The van der Waals surface area contributed by atoms with Gasteiger partial charge in [-0.25, -0.2) is 0 Å². The number of hydrogen-bond acceptors (Lipinski definition) is 6. The van der Waals surface area contributed by atoms with Gasteiger partial charge in [0.15, 0.2) is 0 Å². The molecule has 1 saturated carbocycles. The Morgan fingerprint density at radius 1 is 1.18 bits per heavy atom. The first-order valence-corrected chi connectivity index (χ1v) is 14.8. The number of aliphatic carboxylic acids is 1. The number of amides is 2. The van der Waals surface area contributed by atoms with Gasteiger partial charge in [0.1, 0.15) is 12.4 Å². The molecular weight excluding hydrogens is 532 g/mol. The van der Waals surface area contributed by atoms with Crippen molar-refractivity contribution in [1.29, 1.82) is 0 Å². The molecule has 1 aromatic heterocycles. The molecule has 216 valence electrons. The van der Waals surface area contributed by atoms with Crippen molar-refractivity contribution in [1.82, 2.24) is 30.4 Å². The van der Waals surface area contributed by atoms with Crippen LogP contribution in [0.2, 0.25) is 5.02 Å². The van der Waals surface area contributed by atoms with Crippen molar-refractivity contribution in [3.63, 3.8) is 0 Å². The zero-order chi connectivity index (χ0) is 28.5. The molecule has 40 heavy (non-hydrogen) atoms. The van der Waals surface area contributed by atoms with E-state index < -0.39 is 17.9 Å². The number of tetrazole rings is 1. The van der Waals surface area contributed by atoms with Crippen LogP contribution in [-0.4, -0.2) is 67.1 Å². The minimum Gasteiger partial charge on any atom is -0.481 e. The molecule has 1 aliphatic carbocycles. The van der Waals surface area contributed by atoms with Gasteiger partial charge in [-0.2, -0.15) is 4.68 Å². The lowest BCUT2D eigenvalue weighted by molar-refractivity contribution is -0.143. The maximum absolute atomic E-state index is 13.7. The van der Waals surface area contributed by atoms with Gasteiger partial charge in [-0.3, -0.25) is 14.4 Å². The molecule has 11 heteroatoms. The normalized spacial score (nSPS) is 20.9. The molecule has 1 aliphatic heterocycles. The number of nitrogens with zero attached hydrogens (tertiary/aromatic N) is 5. The third kappa shape index (κ3) is 7.47. The summed E-state index contributed by atoms with van der Waals surface area (Å²) in [6.07, 6.45) is 13.8. The van der Waals surface area contributed by atoms with Gasteiger partial charge in [0, 0.05) is 29.8 Å². The van der Waals surface area contributed by atoms with Gasteiger partial charge in [-0.1, -0.05) is 50.6 Å².